The Balaban J connectivity index is 1.97. The highest BCUT2D eigenvalue weighted by Gasteiger charge is 2.11. The summed E-state index contributed by atoms with van der Waals surface area (Å²) in [6.07, 6.45) is 2.12. The van der Waals surface area contributed by atoms with Gasteiger partial charge in [-0.3, -0.25) is 4.79 Å². The monoisotopic (exact) mass is 325 g/mol. The van der Waals surface area contributed by atoms with E-state index in [9.17, 15) is 4.79 Å². The Morgan fingerprint density at radius 1 is 1.35 bits per heavy atom. The van der Waals surface area contributed by atoms with E-state index in [0.717, 1.165) is 20.7 Å². The van der Waals surface area contributed by atoms with Crippen LogP contribution < -0.4 is 0 Å². The molecule has 3 nitrogen and oxygen atoms in total. The Morgan fingerprint density at radius 2 is 2.05 bits per heavy atom. The number of aryl methyl sites for hydroxylation is 1. The SMILES string of the molecule is CSc1ccc(CSc2nc(C)c(CC(=O)O)s2)cc1. The average molecular weight is 325 g/mol. The minimum atomic E-state index is -0.805. The predicted octanol–water partition coefficient (Wildman–Crippen LogP) is 4.09. The van der Waals surface area contributed by atoms with E-state index in [4.69, 9.17) is 5.11 Å². The summed E-state index contributed by atoms with van der Waals surface area (Å²) in [7, 11) is 0. The minimum absolute atomic E-state index is 0.0620. The predicted molar refractivity (Wildman–Crippen MR) is 86.0 cm³/mol. The Morgan fingerprint density at radius 3 is 2.65 bits per heavy atom. The van der Waals surface area contributed by atoms with Gasteiger partial charge in [0.05, 0.1) is 12.1 Å². The zero-order valence-corrected chi connectivity index (χ0v) is 13.7. The molecule has 20 heavy (non-hydrogen) atoms. The second-order valence-electron chi connectivity index (χ2n) is 4.20. The second-order valence-corrected chi connectivity index (χ2v) is 7.38. The fourth-order valence-corrected chi connectivity index (χ4v) is 4.22. The van der Waals surface area contributed by atoms with Crippen molar-refractivity contribution in [3.63, 3.8) is 0 Å². The van der Waals surface area contributed by atoms with Gasteiger partial charge >= 0.3 is 5.97 Å². The van der Waals surface area contributed by atoms with Gasteiger partial charge < -0.3 is 5.11 Å². The van der Waals surface area contributed by atoms with E-state index in [1.54, 1.807) is 23.5 Å². The van der Waals surface area contributed by atoms with Gasteiger partial charge in [0.25, 0.3) is 0 Å². The second kappa shape index (κ2) is 7.15. The largest absolute Gasteiger partial charge is 0.481 e. The van der Waals surface area contributed by atoms with Gasteiger partial charge in [-0.1, -0.05) is 23.9 Å². The van der Waals surface area contributed by atoms with Gasteiger partial charge in [0.15, 0.2) is 4.34 Å². The summed E-state index contributed by atoms with van der Waals surface area (Å²) in [6, 6.07) is 8.47. The third kappa shape index (κ3) is 4.26. The summed E-state index contributed by atoms with van der Waals surface area (Å²) in [6.45, 7) is 1.87. The number of hydrogen-bond acceptors (Lipinski definition) is 5. The molecule has 0 fully saturated rings. The van der Waals surface area contributed by atoms with Crippen molar-refractivity contribution in [1.82, 2.24) is 4.98 Å². The van der Waals surface area contributed by atoms with Crippen LogP contribution >= 0.6 is 34.9 Å². The molecule has 2 aromatic rings. The summed E-state index contributed by atoms with van der Waals surface area (Å²) < 4.78 is 0.938. The third-order valence-electron chi connectivity index (χ3n) is 2.71. The van der Waals surface area contributed by atoms with E-state index in [1.165, 1.54) is 21.8 Å². The van der Waals surface area contributed by atoms with E-state index in [2.05, 4.69) is 35.5 Å². The van der Waals surface area contributed by atoms with Crippen LogP contribution in [-0.2, 0) is 17.0 Å². The molecule has 0 amide bonds. The molecule has 6 heteroatoms. The normalized spacial score (nSPS) is 10.7. The van der Waals surface area contributed by atoms with Crippen molar-refractivity contribution in [2.24, 2.45) is 0 Å². The zero-order chi connectivity index (χ0) is 14.5. The molecule has 0 radical (unpaired) electrons. The molecule has 0 aliphatic heterocycles. The van der Waals surface area contributed by atoms with Crippen LogP contribution in [0.15, 0.2) is 33.5 Å². The number of thiazole rings is 1. The van der Waals surface area contributed by atoms with Crippen LogP contribution in [0, 0.1) is 6.92 Å². The number of carboxylic acid groups (broad SMARTS) is 1. The first-order valence-electron chi connectivity index (χ1n) is 6.02. The molecule has 2 rings (SSSR count). The summed E-state index contributed by atoms with van der Waals surface area (Å²) in [5.41, 5.74) is 2.08. The van der Waals surface area contributed by atoms with Crippen molar-refractivity contribution in [1.29, 1.82) is 0 Å². The van der Waals surface area contributed by atoms with E-state index in [0.29, 0.717) is 0 Å². The topological polar surface area (TPSA) is 50.2 Å². The lowest BCUT2D eigenvalue weighted by Crippen LogP contribution is -1.99. The molecular weight excluding hydrogens is 310 g/mol. The van der Waals surface area contributed by atoms with Crippen molar-refractivity contribution >= 4 is 40.8 Å². The quantitative estimate of drug-likeness (QED) is 0.811. The van der Waals surface area contributed by atoms with Gasteiger partial charge in [0, 0.05) is 15.5 Å². The molecule has 1 N–H and O–H groups in total. The van der Waals surface area contributed by atoms with Crippen molar-refractivity contribution < 1.29 is 9.90 Å². The molecule has 0 unspecified atom stereocenters. The highest BCUT2D eigenvalue weighted by atomic mass is 32.2. The lowest BCUT2D eigenvalue weighted by atomic mass is 10.2. The van der Waals surface area contributed by atoms with Crippen LogP contribution in [0.4, 0.5) is 0 Å². The van der Waals surface area contributed by atoms with Gasteiger partial charge in [-0.2, -0.15) is 0 Å². The summed E-state index contributed by atoms with van der Waals surface area (Å²) in [5.74, 6) is 0.0506. The maximum absolute atomic E-state index is 10.7. The number of carbonyl (C=O) groups is 1. The molecule has 0 atom stereocenters. The average Bonchev–Trinajstić information content (AvgIpc) is 2.77. The van der Waals surface area contributed by atoms with E-state index < -0.39 is 5.97 Å². The summed E-state index contributed by atoms with van der Waals surface area (Å²) in [5, 5.41) is 8.83. The van der Waals surface area contributed by atoms with Crippen LogP contribution in [0.1, 0.15) is 16.1 Å². The van der Waals surface area contributed by atoms with Crippen LogP contribution in [0.2, 0.25) is 0 Å². The molecule has 0 bridgehead atoms. The number of benzene rings is 1. The van der Waals surface area contributed by atoms with Crippen LogP contribution in [0.3, 0.4) is 0 Å². The first-order valence-corrected chi connectivity index (χ1v) is 9.05. The van der Waals surface area contributed by atoms with Gasteiger partial charge in [0.2, 0.25) is 0 Å². The van der Waals surface area contributed by atoms with Crippen molar-refractivity contribution in [3.8, 4) is 0 Å². The maximum Gasteiger partial charge on any atom is 0.308 e. The van der Waals surface area contributed by atoms with Gasteiger partial charge in [-0.15, -0.1) is 23.1 Å². The summed E-state index contributed by atoms with van der Waals surface area (Å²) in [4.78, 5) is 17.3. The minimum Gasteiger partial charge on any atom is -0.481 e. The molecule has 1 aromatic carbocycles. The molecule has 0 saturated carbocycles. The zero-order valence-electron chi connectivity index (χ0n) is 11.3. The van der Waals surface area contributed by atoms with E-state index in [-0.39, 0.29) is 6.42 Å². The lowest BCUT2D eigenvalue weighted by Gasteiger charge is -2.00. The highest BCUT2D eigenvalue weighted by Crippen LogP contribution is 2.30. The number of thioether (sulfide) groups is 2. The Hall–Kier alpha value is -0.980. The van der Waals surface area contributed by atoms with Crippen molar-refractivity contribution in [2.75, 3.05) is 6.26 Å². The Bertz CT molecular complexity index is 593. The number of carboxylic acids is 1. The standard InChI is InChI=1S/C14H15NO2S3/c1-9-12(7-13(16)17)20-14(15-9)19-8-10-3-5-11(18-2)6-4-10/h3-6H,7-8H2,1-2H3,(H,16,17). The van der Waals surface area contributed by atoms with Gasteiger partial charge in [-0.05, 0) is 30.9 Å². The molecule has 0 spiro atoms. The van der Waals surface area contributed by atoms with Gasteiger partial charge in [-0.25, -0.2) is 4.98 Å². The first-order chi connectivity index (χ1) is 9.58. The Kier molecular flexibility index (Phi) is 5.51. The van der Waals surface area contributed by atoms with Crippen molar-refractivity contribution in [2.45, 2.75) is 28.3 Å². The van der Waals surface area contributed by atoms with E-state index in [1.807, 2.05) is 6.92 Å². The molecule has 0 saturated heterocycles. The van der Waals surface area contributed by atoms with Crippen LogP contribution in [0.5, 0.6) is 0 Å². The molecule has 1 heterocycles. The number of aliphatic carboxylic acids is 1. The van der Waals surface area contributed by atoms with Crippen molar-refractivity contribution in [3.05, 3.63) is 40.4 Å². The number of nitrogens with zero attached hydrogens (tertiary/aromatic N) is 1. The highest BCUT2D eigenvalue weighted by molar-refractivity contribution is 8.00. The molecular formula is C14H15NO2S3. The third-order valence-corrected chi connectivity index (χ3v) is 5.82. The van der Waals surface area contributed by atoms with E-state index >= 15 is 0 Å². The smallest absolute Gasteiger partial charge is 0.308 e. The number of aromatic nitrogens is 1. The van der Waals surface area contributed by atoms with Crippen LogP contribution in [-0.4, -0.2) is 22.3 Å². The molecule has 0 aliphatic rings. The maximum atomic E-state index is 10.7. The number of hydrogen-bond donors (Lipinski definition) is 1. The Labute approximate surface area is 130 Å². The lowest BCUT2D eigenvalue weighted by molar-refractivity contribution is -0.136. The fraction of sp³-hybridized carbons (Fsp3) is 0.286. The number of rotatable bonds is 6. The first kappa shape index (κ1) is 15.4. The molecule has 1 aromatic heterocycles. The molecule has 0 aliphatic carbocycles. The van der Waals surface area contributed by atoms with Crippen LogP contribution in [0.25, 0.3) is 0 Å². The molecule has 106 valence electrons. The van der Waals surface area contributed by atoms with Gasteiger partial charge in [0.1, 0.15) is 0 Å². The fourth-order valence-electron chi connectivity index (χ4n) is 1.63. The summed E-state index contributed by atoms with van der Waals surface area (Å²) >= 11 is 4.87.